The molecular formula is C30H52N2O3S. The first-order valence-electron chi connectivity index (χ1n) is 11.1. The van der Waals surface area contributed by atoms with Crippen LogP contribution in [-0.4, -0.2) is 28.1 Å². The van der Waals surface area contributed by atoms with Gasteiger partial charge in [0.25, 0.3) is 0 Å². The van der Waals surface area contributed by atoms with Crippen molar-refractivity contribution in [1.29, 1.82) is 0 Å². The number of para-hydroxylation sites is 2. The number of benzene rings is 1. The summed E-state index contributed by atoms with van der Waals surface area (Å²) in [6.07, 6.45) is 6.17. The van der Waals surface area contributed by atoms with Crippen LogP contribution < -0.4 is 4.74 Å². The molecule has 206 valence electrons. The number of ether oxygens (including phenoxy) is 2. The topological polar surface area (TPSA) is 61.3 Å². The predicted molar refractivity (Wildman–Crippen MR) is 160 cm³/mol. The highest BCUT2D eigenvalue weighted by Crippen LogP contribution is 2.32. The van der Waals surface area contributed by atoms with Crippen molar-refractivity contribution in [3.63, 3.8) is 0 Å². The number of hydrogen-bond donors (Lipinski definition) is 0. The van der Waals surface area contributed by atoms with Crippen LogP contribution >= 0.6 is 11.3 Å². The molecule has 2 aromatic heterocycles. The monoisotopic (exact) mass is 520 g/mol. The van der Waals surface area contributed by atoms with E-state index >= 15 is 0 Å². The molecule has 0 aliphatic heterocycles. The normalized spacial score (nSPS) is 12.4. The van der Waals surface area contributed by atoms with Gasteiger partial charge in [-0.05, 0) is 63.1 Å². The molecule has 1 aliphatic carbocycles. The Morgan fingerprint density at radius 3 is 1.94 bits per heavy atom. The van der Waals surface area contributed by atoms with Crippen molar-refractivity contribution in [2.75, 3.05) is 0 Å². The van der Waals surface area contributed by atoms with Crippen molar-refractivity contribution in [3.8, 4) is 16.5 Å². The Kier molecular flexibility index (Phi) is 19.8. The van der Waals surface area contributed by atoms with E-state index in [1.54, 1.807) is 11.3 Å². The Balaban J connectivity index is -0.000000573. The lowest BCUT2D eigenvalue weighted by Gasteiger charge is -2.22. The molecule has 0 unspecified atom stereocenters. The van der Waals surface area contributed by atoms with Crippen LogP contribution in [0.5, 0.6) is 5.88 Å². The Labute approximate surface area is 225 Å². The number of carbonyl (C=O) groups is 1. The summed E-state index contributed by atoms with van der Waals surface area (Å²) in [6.45, 7) is 7.75. The molecule has 0 N–H and O–H groups in total. The summed E-state index contributed by atoms with van der Waals surface area (Å²) in [7, 11) is 0. The largest absolute Gasteiger partial charge is 0.473 e. The quantitative estimate of drug-likeness (QED) is 0.313. The molecule has 0 bridgehead atoms. The molecule has 5 nitrogen and oxygen atoms in total. The van der Waals surface area contributed by atoms with Crippen LogP contribution in [0.1, 0.15) is 96.9 Å². The first kappa shape index (κ1) is 38.1. The van der Waals surface area contributed by atoms with Crippen molar-refractivity contribution >= 4 is 28.3 Å². The number of nitrogens with zero attached hydrogens (tertiary/aromatic N) is 2. The van der Waals surface area contributed by atoms with Gasteiger partial charge in [0.1, 0.15) is 11.8 Å². The fourth-order valence-electron chi connectivity index (χ4n) is 3.35. The minimum Gasteiger partial charge on any atom is -0.473 e. The lowest BCUT2D eigenvalue weighted by molar-refractivity contribution is -0.154. The Bertz CT molecular complexity index is 965. The predicted octanol–water partition coefficient (Wildman–Crippen LogP) is 9.84. The molecule has 1 fully saturated rings. The molecule has 3 aromatic rings. The average molecular weight is 521 g/mol. The zero-order chi connectivity index (χ0) is 22.2. The highest BCUT2D eigenvalue weighted by atomic mass is 32.1. The van der Waals surface area contributed by atoms with Gasteiger partial charge in [-0.1, -0.05) is 75.6 Å². The van der Waals surface area contributed by atoms with Crippen LogP contribution in [0.25, 0.3) is 21.6 Å². The van der Waals surface area contributed by atoms with Crippen LogP contribution in [0.4, 0.5) is 0 Å². The second-order valence-corrected chi connectivity index (χ2v) is 9.31. The molecular weight excluding hydrogens is 468 g/mol. The molecule has 1 saturated carbocycles. The number of esters is 1. The maximum absolute atomic E-state index is 11.2. The second-order valence-electron chi connectivity index (χ2n) is 8.36. The van der Waals surface area contributed by atoms with Gasteiger partial charge in [0.15, 0.2) is 0 Å². The second kappa shape index (κ2) is 18.8. The maximum atomic E-state index is 11.2. The van der Waals surface area contributed by atoms with Gasteiger partial charge in [0.05, 0.1) is 27.9 Å². The molecule has 6 heteroatoms. The van der Waals surface area contributed by atoms with E-state index < -0.39 is 0 Å². The molecule has 1 aliphatic rings. The number of aromatic nitrogens is 2. The Hall–Kier alpha value is -2.47. The average Bonchev–Trinajstić information content (AvgIpc) is 3.29. The van der Waals surface area contributed by atoms with E-state index in [0.717, 1.165) is 34.4 Å². The number of thiophene rings is 1. The molecule has 0 radical (unpaired) electrons. The molecule has 0 atom stereocenters. The third-order valence-corrected chi connectivity index (χ3v) is 5.82. The van der Waals surface area contributed by atoms with Gasteiger partial charge in [-0.2, -0.15) is 0 Å². The zero-order valence-electron chi connectivity index (χ0n) is 18.8. The minimum atomic E-state index is -0.0399. The van der Waals surface area contributed by atoms with E-state index in [2.05, 4.69) is 4.98 Å². The van der Waals surface area contributed by atoms with E-state index in [1.807, 2.05) is 69.5 Å². The van der Waals surface area contributed by atoms with Crippen LogP contribution in [0, 0.1) is 5.92 Å². The van der Waals surface area contributed by atoms with E-state index in [-0.39, 0.29) is 61.2 Å². The van der Waals surface area contributed by atoms with E-state index in [9.17, 15) is 4.79 Å². The van der Waals surface area contributed by atoms with Crippen molar-refractivity contribution in [2.24, 2.45) is 5.92 Å². The van der Waals surface area contributed by atoms with Crippen LogP contribution in [0.3, 0.4) is 0 Å². The van der Waals surface area contributed by atoms with Gasteiger partial charge in [-0.15, -0.1) is 11.3 Å². The van der Waals surface area contributed by atoms with Crippen LogP contribution in [-0.2, 0) is 9.53 Å². The van der Waals surface area contributed by atoms with Crippen LogP contribution in [0.15, 0.2) is 41.8 Å². The summed E-state index contributed by atoms with van der Waals surface area (Å²) in [5, 5.41) is 2.03. The van der Waals surface area contributed by atoms with Crippen molar-refractivity contribution in [3.05, 3.63) is 41.8 Å². The summed E-state index contributed by atoms with van der Waals surface area (Å²) in [6, 6.07) is 11.9. The third kappa shape index (κ3) is 11.1. The number of carbonyl (C=O) groups excluding carboxylic acids is 1. The van der Waals surface area contributed by atoms with Crippen molar-refractivity contribution in [1.82, 2.24) is 9.97 Å². The highest BCUT2D eigenvalue weighted by molar-refractivity contribution is 7.13. The lowest BCUT2D eigenvalue weighted by Crippen LogP contribution is -2.23. The molecule has 1 aromatic carbocycles. The van der Waals surface area contributed by atoms with Gasteiger partial charge in [0.2, 0.25) is 5.88 Å². The lowest BCUT2D eigenvalue weighted by atomic mass is 9.98. The van der Waals surface area contributed by atoms with Gasteiger partial charge in [-0.25, -0.2) is 9.97 Å². The van der Waals surface area contributed by atoms with Gasteiger partial charge in [-0.3, -0.25) is 4.79 Å². The third-order valence-electron chi connectivity index (χ3n) is 4.95. The summed E-state index contributed by atoms with van der Waals surface area (Å²) in [4.78, 5) is 21.6. The summed E-state index contributed by atoms with van der Waals surface area (Å²) >= 11 is 1.64. The van der Waals surface area contributed by atoms with E-state index in [1.165, 1.54) is 19.3 Å². The molecule has 0 amide bonds. The smallest absolute Gasteiger partial charge is 0.308 e. The molecule has 36 heavy (non-hydrogen) atoms. The fourth-order valence-corrected chi connectivity index (χ4v) is 4.05. The zero-order valence-corrected chi connectivity index (χ0v) is 19.7. The first-order valence-corrected chi connectivity index (χ1v) is 12.0. The molecule has 0 spiro atoms. The Morgan fingerprint density at radius 2 is 1.44 bits per heavy atom. The highest BCUT2D eigenvalue weighted by Gasteiger charge is 2.19. The number of hydrogen-bond acceptors (Lipinski definition) is 6. The standard InChI is InChI=1S/C15H14N2OS.C10H18O2.5CH4/c1-10(2)18-15-14(13-8-5-9-19-13)16-11-6-3-4-7-12(11)17-15;1-8(2)10(11)12-9-6-4-3-5-7-9;;;;;/h3-10H,1-2H3;8-9H,3-7H2,1-2H3;5*1H4. The van der Waals surface area contributed by atoms with Gasteiger partial charge < -0.3 is 9.47 Å². The summed E-state index contributed by atoms with van der Waals surface area (Å²) in [5.41, 5.74) is 2.57. The summed E-state index contributed by atoms with van der Waals surface area (Å²) in [5.74, 6) is 0.588. The minimum absolute atomic E-state index is 0. The van der Waals surface area contributed by atoms with Gasteiger partial charge in [0, 0.05) is 0 Å². The van der Waals surface area contributed by atoms with E-state index in [4.69, 9.17) is 14.5 Å². The van der Waals surface area contributed by atoms with Crippen LogP contribution in [0.2, 0.25) is 0 Å². The number of rotatable bonds is 5. The molecule has 4 rings (SSSR count). The van der Waals surface area contributed by atoms with E-state index in [0.29, 0.717) is 5.88 Å². The number of fused-ring (bicyclic) bond motifs is 1. The summed E-state index contributed by atoms with van der Waals surface area (Å²) < 4.78 is 11.1. The Morgan fingerprint density at radius 1 is 0.861 bits per heavy atom. The van der Waals surface area contributed by atoms with Gasteiger partial charge >= 0.3 is 5.97 Å². The molecule has 0 saturated heterocycles. The SMILES string of the molecule is C.C.C.C.C.CC(C)C(=O)OC1CCCCC1.CC(C)Oc1nc2ccccc2nc1-c1cccs1. The van der Waals surface area contributed by atoms with Crippen molar-refractivity contribution in [2.45, 2.75) is 109 Å². The maximum Gasteiger partial charge on any atom is 0.308 e. The molecule has 2 heterocycles. The van der Waals surface area contributed by atoms with Crippen molar-refractivity contribution < 1.29 is 14.3 Å². The first-order chi connectivity index (χ1) is 14.9. The fraction of sp³-hybridized carbons (Fsp3) is 0.567.